The summed E-state index contributed by atoms with van der Waals surface area (Å²) in [7, 11) is 0. The molecule has 0 atom stereocenters. The normalized spacial score (nSPS) is 10.8. The number of nitrogens with two attached hydrogens (primary N) is 1. The highest BCUT2D eigenvalue weighted by molar-refractivity contribution is 7.21. The van der Waals surface area contributed by atoms with Gasteiger partial charge in [-0.1, -0.05) is 0 Å². The van der Waals surface area contributed by atoms with E-state index in [1.54, 1.807) is 23.7 Å². The lowest BCUT2D eigenvalue weighted by molar-refractivity contribution is 0.0956. The van der Waals surface area contributed by atoms with E-state index in [1.807, 2.05) is 19.1 Å². The molecule has 3 rings (SSSR count). The molecule has 0 radical (unpaired) electrons. The van der Waals surface area contributed by atoms with Crippen LogP contribution in [0.1, 0.15) is 19.6 Å². The number of rotatable bonds is 3. The zero-order valence-corrected chi connectivity index (χ0v) is 12.3. The highest BCUT2D eigenvalue weighted by atomic mass is 32.1. The summed E-state index contributed by atoms with van der Waals surface area (Å²) in [5.41, 5.74) is 6.50. The van der Waals surface area contributed by atoms with Crippen LogP contribution < -0.4 is 11.1 Å². The number of fused-ring (bicyclic) bond motifs is 1. The molecule has 5 nitrogen and oxygen atoms in total. The number of aromatic nitrogens is 2. The number of aryl methyl sites for hydroxylation is 1. The summed E-state index contributed by atoms with van der Waals surface area (Å²) in [6.07, 6.45) is 3.49. The van der Waals surface area contributed by atoms with Crippen molar-refractivity contribution in [1.29, 1.82) is 0 Å². The molecule has 0 aliphatic heterocycles. The van der Waals surface area contributed by atoms with E-state index in [-0.39, 0.29) is 5.91 Å². The van der Waals surface area contributed by atoms with Gasteiger partial charge in [0.05, 0.1) is 12.2 Å². The van der Waals surface area contributed by atoms with Gasteiger partial charge in [0.1, 0.15) is 14.7 Å². The number of pyridine rings is 1. The minimum atomic E-state index is -0.182. The molecule has 3 aromatic heterocycles. The van der Waals surface area contributed by atoms with Crippen molar-refractivity contribution in [2.45, 2.75) is 13.5 Å². The van der Waals surface area contributed by atoms with Crippen LogP contribution in [0.15, 0.2) is 24.5 Å². The monoisotopic (exact) mass is 304 g/mol. The fourth-order valence-electron chi connectivity index (χ4n) is 1.84. The molecule has 0 aliphatic rings. The predicted molar refractivity (Wildman–Crippen MR) is 82.1 cm³/mol. The van der Waals surface area contributed by atoms with E-state index in [4.69, 9.17) is 5.73 Å². The Morgan fingerprint density at radius 3 is 2.95 bits per heavy atom. The Bertz CT molecular complexity index is 778. The van der Waals surface area contributed by atoms with Crippen LogP contribution in [0.25, 0.3) is 10.2 Å². The zero-order chi connectivity index (χ0) is 14.1. The maximum Gasteiger partial charge on any atom is 0.263 e. The van der Waals surface area contributed by atoms with Gasteiger partial charge >= 0.3 is 0 Å². The van der Waals surface area contributed by atoms with Gasteiger partial charge in [-0.25, -0.2) is 9.97 Å². The van der Waals surface area contributed by atoms with Crippen LogP contribution in [0.5, 0.6) is 0 Å². The molecule has 0 spiro atoms. The van der Waals surface area contributed by atoms with Crippen molar-refractivity contribution in [3.63, 3.8) is 0 Å². The number of hydrogen-bond acceptors (Lipinski definition) is 6. The molecule has 7 heteroatoms. The predicted octanol–water partition coefficient (Wildman–Crippen LogP) is 2.57. The molecule has 1 amide bonds. The molecule has 102 valence electrons. The van der Waals surface area contributed by atoms with Crippen LogP contribution in [0.2, 0.25) is 0 Å². The molecule has 3 heterocycles. The standard InChI is InChI=1S/C13H12N4OS2/c1-7-5-16-9(19-7)6-17-12(18)11-10(14)8-3-2-4-15-13(8)20-11/h2-5H,6,14H2,1H3,(H,17,18). The van der Waals surface area contributed by atoms with Crippen molar-refractivity contribution in [1.82, 2.24) is 15.3 Å². The first-order valence-corrected chi connectivity index (χ1v) is 7.61. The largest absolute Gasteiger partial charge is 0.397 e. The van der Waals surface area contributed by atoms with Gasteiger partial charge in [0.15, 0.2) is 0 Å². The number of carbonyl (C=O) groups excluding carboxylic acids is 1. The smallest absolute Gasteiger partial charge is 0.263 e. The molecule has 0 unspecified atom stereocenters. The molecule has 3 N–H and O–H groups in total. The number of nitrogens with zero attached hydrogens (tertiary/aromatic N) is 2. The van der Waals surface area contributed by atoms with E-state index < -0.39 is 0 Å². The van der Waals surface area contributed by atoms with Gasteiger partial charge in [0.25, 0.3) is 5.91 Å². The number of nitrogens with one attached hydrogen (secondary N) is 1. The molecular weight excluding hydrogens is 292 g/mol. The maximum atomic E-state index is 12.2. The Labute approximate surface area is 123 Å². The summed E-state index contributed by atoms with van der Waals surface area (Å²) in [5.74, 6) is -0.182. The quantitative estimate of drug-likeness (QED) is 0.779. The van der Waals surface area contributed by atoms with Gasteiger partial charge in [-0.2, -0.15) is 0 Å². The Morgan fingerprint density at radius 1 is 1.40 bits per heavy atom. The lowest BCUT2D eigenvalue weighted by atomic mass is 10.2. The first-order chi connectivity index (χ1) is 9.65. The van der Waals surface area contributed by atoms with E-state index in [9.17, 15) is 4.79 Å². The second kappa shape index (κ2) is 5.18. The van der Waals surface area contributed by atoms with Gasteiger partial charge in [0, 0.05) is 22.7 Å². The topological polar surface area (TPSA) is 80.9 Å². The van der Waals surface area contributed by atoms with Crippen molar-refractivity contribution in [2.75, 3.05) is 5.73 Å². The van der Waals surface area contributed by atoms with Crippen LogP contribution >= 0.6 is 22.7 Å². The van der Waals surface area contributed by atoms with Crippen molar-refractivity contribution in [2.24, 2.45) is 0 Å². The zero-order valence-electron chi connectivity index (χ0n) is 10.7. The first kappa shape index (κ1) is 13.0. The van der Waals surface area contributed by atoms with Crippen LogP contribution in [0, 0.1) is 6.92 Å². The van der Waals surface area contributed by atoms with Crippen molar-refractivity contribution in [3.8, 4) is 0 Å². The average Bonchev–Trinajstić information content (AvgIpc) is 3.01. The molecule has 3 aromatic rings. The molecule has 0 saturated heterocycles. The molecule has 0 aromatic carbocycles. The van der Waals surface area contributed by atoms with Gasteiger partial charge in [-0.05, 0) is 19.1 Å². The van der Waals surface area contributed by atoms with Crippen LogP contribution in [-0.2, 0) is 6.54 Å². The van der Waals surface area contributed by atoms with Crippen LogP contribution in [0.3, 0.4) is 0 Å². The second-order valence-corrected chi connectivity index (χ2v) is 6.57. The molecule has 0 fully saturated rings. The average molecular weight is 304 g/mol. The lowest BCUT2D eigenvalue weighted by Gasteiger charge is -2.01. The summed E-state index contributed by atoms with van der Waals surface area (Å²) >= 11 is 2.88. The first-order valence-electron chi connectivity index (χ1n) is 5.97. The van der Waals surface area contributed by atoms with Gasteiger partial charge < -0.3 is 11.1 Å². The van der Waals surface area contributed by atoms with Crippen LogP contribution in [0.4, 0.5) is 5.69 Å². The Balaban J connectivity index is 1.80. The van der Waals surface area contributed by atoms with E-state index in [0.29, 0.717) is 17.1 Å². The highest BCUT2D eigenvalue weighted by Gasteiger charge is 2.16. The Morgan fingerprint density at radius 2 is 2.25 bits per heavy atom. The van der Waals surface area contributed by atoms with Gasteiger partial charge in [-0.15, -0.1) is 22.7 Å². The number of anilines is 1. The fraction of sp³-hybridized carbons (Fsp3) is 0.154. The minimum Gasteiger partial charge on any atom is -0.397 e. The minimum absolute atomic E-state index is 0.182. The van der Waals surface area contributed by atoms with Crippen LogP contribution in [-0.4, -0.2) is 15.9 Å². The summed E-state index contributed by atoms with van der Waals surface area (Å²) in [4.78, 5) is 23.0. The third-order valence-electron chi connectivity index (χ3n) is 2.78. The number of hydrogen-bond donors (Lipinski definition) is 2. The molecule has 0 aliphatic carbocycles. The molecule has 0 bridgehead atoms. The van der Waals surface area contributed by atoms with Gasteiger partial charge in [-0.3, -0.25) is 4.79 Å². The summed E-state index contributed by atoms with van der Waals surface area (Å²) < 4.78 is 0. The molecule has 20 heavy (non-hydrogen) atoms. The van der Waals surface area contributed by atoms with E-state index in [0.717, 1.165) is 20.1 Å². The number of amides is 1. The van der Waals surface area contributed by atoms with Gasteiger partial charge in [0.2, 0.25) is 0 Å². The van der Waals surface area contributed by atoms with Crippen molar-refractivity contribution < 1.29 is 4.79 Å². The summed E-state index contributed by atoms with van der Waals surface area (Å²) in [5, 5.41) is 4.55. The third-order valence-corrected chi connectivity index (χ3v) is 4.82. The summed E-state index contributed by atoms with van der Waals surface area (Å²) in [6.45, 7) is 2.40. The summed E-state index contributed by atoms with van der Waals surface area (Å²) in [6, 6.07) is 3.68. The fourth-order valence-corrected chi connectivity index (χ4v) is 3.55. The second-order valence-electron chi connectivity index (χ2n) is 4.25. The molecule has 0 saturated carbocycles. The number of thiophene rings is 1. The number of thiazole rings is 1. The van der Waals surface area contributed by atoms with E-state index in [2.05, 4.69) is 15.3 Å². The van der Waals surface area contributed by atoms with E-state index >= 15 is 0 Å². The maximum absolute atomic E-state index is 12.2. The van der Waals surface area contributed by atoms with E-state index in [1.165, 1.54) is 11.3 Å². The Kier molecular flexibility index (Phi) is 3.37. The molecular formula is C13H12N4OS2. The Hall–Kier alpha value is -1.99. The number of carbonyl (C=O) groups is 1. The number of nitrogen functional groups attached to an aromatic ring is 1. The van der Waals surface area contributed by atoms with Crippen molar-refractivity contribution >= 4 is 44.5 Å². The third kappa shape index (κ3) is 2.37. The SMILES string of the molecule is Cc1cnc(CNC(=O)c2sc3ncccc3c2N)s1. The van der Waals surface area contributed by atoms with Crippen molar-refractivity contribution in [3.05, 3.63) is 39.3 Å². The lowest BCUT2D eigenvalue weighted by Crippen LogP contribution is -2.22. The highest BCUT2D eigenvalue weighted by Crippen LogP contribution is 2.31.